The Hall–Kier alpha value is -2.70. The molecule has 0 radical (unpaired) electrons. The minimum atomic E-state index is -4.58. The van der Waals surface area contributed by atoms with Crippen LogP contribution >= 0.6 is 0 Å². The summed E-state index contributed by atoms with van der Waals surface area (Å²) < 4.78 is 51.2. The van der Waals surface area contributed by atoms with Gasteiger partial charge in [0, 0.05) is 11.8 Å². The molecule has 1 aromatic heterocycles. The third-order valence-corrected chi connectivity index (χ3v) is 3.45. The van der Waals surface area contributed by atoms with Crippen LogP contribution in [0.25, 0.3) is 16.7 Å². The summed E-state index contributed by atoms with van der Waals surface area (Å²) in [6.45, 7) is 0. The number of imidazole rings is 1. The molecule has 3 rings (SSSR count). The minimum Gasteiger partial charge on any atom is -0.497 e. The summed E-state index contributed by atoms with van der Waals surface area (Å²) in [6.07, 6.45) is -4.58. The van der Waals surface area contributed by atoms with Crippen molar-refractivity contribution in [2.45, 2.75) is 6.18 Å². The molecule has 0 unspecified atom stereocenters. The second-order valence-corrected chi connectivity index (χ2v) is 4.82. The fourth-order valence-corrected chi connectivity index (χ4v) is 2.37. The van der Waals surface area contributed by atoms with E-state index in [1.165, 1.54) is 20.3 Å². The Labute approximate surface area is 130 Å². The average Bonchev–Trinajstić information content (AvgIpc) is 2.93. The molecule has 0 N–H and O–H groups in total. The van der Waals surface area contributed by atoms with Crippen molar-refractivity contribution in [2.75, 3.05) is 14.2 Å². The summed E-state index contributed by atoms with van der Waals surface area (Å²) in [5.41, 5.74) is 0.918. The molecular weight excluding hydrogens is 309 g/mol. The SMILES string of the molecule is COc1ccc(-n2c(C(F)(F)F)nc3cc(OC)ccc32)cc1. The van der Waals surface area contributed by atoms with Gasteiger partial charge in [0.15, 0.2) is 0 Å². The topological polar surface area (TPSA) is 36.3 Å². The van der Waals surface area contributed by atoms with Crippen molar-refractivity contribution in [3.05, 3.63) is 48.3 Å². The Morgan fingerprint density at radius 1 is 0.913 bits per heavy atom. The number of methoxy groups -OCH3 is 2. The molecule has 0 aliphatic rings. The predicted octanol–water partition coefficient (Wildman–Crippen LogP) is 4.06. The lowest BCUT2D eigenvalue weighted by Crippen LogP contribution is -2.13. The van der Waals surface area contributed by atoms with Gasteiger partial charge in [0.2, 0.25) is 5.82 Å². The summed E-state index contributed by atoms with van der Waals surface area (Å²) in [4.78, 5) is 3.74. The number of fused-ring (bicyclic) bond motifs is 1. The van der Waals surface area contributed by atoms with Crippen LogP contribution in [0.15, 0.2) is 42.5 Å². The van der Waals surface area contributed by atoms with Gasteiger partial charge in [-0.2, -0.15) is 13.2 Å². The molecule has 7 heteroatoms. The summed E-state index contributed by atoms with van der Waals surface area (Å²) in [7, 11) is 2.95. The van der Waals surface area contributed by atoms with E-state index in [1.807, 2.05) is 0 Å². The monoisotopic (exact) mass is 322 g/mol. The van der Waals surface area contributed by atoms with Crippen LogP contribution in [0, 0.1) is 0 Å². The molecule has 0 atom stereocenters. The van der Waals surface area contributed by atoms with Gasteiger partial charge in [0.1, 0.15) is 11.5 Å². The van der Waals surface area contributed by atoms with Gasteiger partial charge in [-0.05, 0) is 36.4 Å². The maximum Gasteiger partial charge on any atom is 0.450 e. The second kappa shape index (κ2) is 5.49. The van der Waals surface area contributed by atoms with Crippen LogP contribution in [0.5, 0.6) is 11.5 Å². The predicted molar refractivity (Wildman–Crippen MR) is 79.2 cm³/mol. The van der Waals surface area contributed by atoms with Gasteiger partial charge in [-0.25, -0.2) is 4.98 Å². The normalized spacial score (nSPS) is 11.7. The molecule has 0 bridgehead atoms. The summed E-state index contributed by atoms with van der Waals surface area (Å²) in [6, 6.07) is 10.9. The smallest absolute Gasteiger partial charge is 0.450 e. The first kappa shape index (κ1) is 15.2. The van der Waals surface area contributed by atoms with E-state index in [0.29, 0.717) is 22.7 Å². The van der Waals surface area contributed by atoms with Crippen molar-refractivity contribution >= 4 is 11.0 Å². The number of rotatable bonds is 3. The van der Waals surface area contributed by atoms with Crippen molar-refractivity contribution in [3.63, 3.8) is 0 Å². The Morgan fingerprint density at radius 2 is 1.52 bits per heavy atom. The van der Waals surface area contributed by atoms with Gasteiger partial charge in [0.05, 0.1) is 25.3 Å². The van der Waals surface area contributed by atoms with Crippen molar-refractivity contribution < 1.29 is 22.6 Å². The number of aromatic nitrogens is 2. The number of hydrogen-bond donors (Lipinski definition) is 0. The highest BCUT2D eigenvalue weighted by atomic mass is 19.4. The Balaban J connectivity index is 2.27. The van der Waals surface area contributed by atoms with Gasteiger partial charge in [0.25, 0.3) is 0 Å². The zero-order chi connectivity index (χ0) is 16.6. The molecule has 3 aromatic rings. The number of alkyl halides is 3. The Kier molecular flexibility index (Phi) is 3.63. The molecular formula is C16H13F3N2O2. The third-order valence-electron chi connectivity index (χ3n) is 3.45. The highest BCUT2D eigenvalue weighted by Gasteiger charge is 2.38. The van der Waals surface area contributed by atoms with Crippen LogP contribution in [-0.4, -0.2) is 23.8 Å². The van der Waals surface area contributed by atoms with Gasteiger partial charge in [-0.15, -0.1) is 0 Å². The first-order valence-corrected chi connectivity index (χ1v) is 6.72. The van der Waals surface area contributed by atoms with Crippen LogP contribution in [0.4, 0.5) is 13.2 Å². The minimum absolute atomic E-state index is 0.215. The molecule has 2 aromatic carbocycles. The molecule has 0 fully saturated rings. The molecule has 0 saturated heterocycles. The molecule has 0 saturated carbocycles. The Bertz CT molecular complexity index is 839. The van der Waals surface area contributed by atoms with Gasteiger partial charge in [-0.3, -0.25) is 4.57 Å². The number of nitrogens with zero attached hydrogens (tertiary/aromatic N) is 2. The van der Waals surface area contributed by atoms with Crippen molar-refractivity contribution in [3.8, 4) is 17.2 Å². The number of benzene rings is 2. The van der Waals surface area contributed by atoms with E-state index in [-0.39, 0.29) is 5.52 Å². The molecule has 0 spiro atoms. The zero-order valence-electron chi connectivity index (χ0n) is 12.4. The van der Waals surface area contributed by atoms with Crippen molar-refractivity contribution in [2.24, 2.45) is 0 Å². The van der Waals surface area contributed by atoms with E-state index < -0.39 is 12.0 Å². The molecule has 4 nitrogen and oxygen atoms in total. The van der Waals surface area contributed by atoms with Crippen molar-refractivity contribution in [1.82, 2.24) is 9.55 Å². The quantitative estimate of drug-likeness (QED) is 0.729. The first-order chi connectivity index (χ1) is 10.9. The lowest BCUT2D eigenvalue weighted by Gasteiger charge is -2.12. The molecule has 120 valence electrons. The van der Waals surface area contributed by atoms with Gasteiger partial charge < -0.3 is 9.47 Å². The number of hydrogen-bond acceptors (Lipinski definition) is 3. The van der Waals surface area contributed by atoms with E-state index in [0.717, 1.165) is 4.57 Å². The molecule has 23 heavy (non-hydrogen) atoms. The van der Waals surface area contributed by atoms with Crippen LogP contribution < -0.4 is 9.47 Å². The van der Waals surface area contributed by atoms with Crippen LogP contribution in [0.2, 0.25) is 0 Å². The summed E-state index contributed by atoms with van der Waals surface area (Å²) in [5, 5.41) is 0. The largest absolute Gasteiger partial charge is 0.497 e. The molecule has 1 heterocycles. The molecule has 0 aliphatic heterocycles. The van der Waals surface area contributed by atoms with Gasteiger partial charge in [-0.1, -0.05) is 0 Å². The zero-order valence-corrected chi connectivity index (χ0v) is 12.4. The average molecular weight is 322 g/mol. The van der Waals surface area contributed by atoms with Crippen LogP contribution in [-0.2, 0) is 6.18 Å². The highest BCUT2D eigenvalue weighted by Crippen LogP contribution is 2.35. The molecule has 0 aliphatic carbocycles. The van der Waals surface area contributed by atoms with Crippen molar-refractivity contribution in [1.29, 1.82) is 0 Å². The van der Waals surface area contributed by atoms with Gasteiger partial charge >= 0.3 is 6.18 Å². The summed E-state index contributed by atoms with van der Waals surface area (Å²) in [5.74, 6) is 0.0323. The van der Waals surface area contributed by atoms with E-state index in [1.54, 1.807) is 36.4 Å². The van der Waals surface area contributed by atoms with Crippen LogP contribution in [0.3, 0.4) is 0 Å². The second-order valence-electron chi connectivity index (χ2n) is 4.82. The van der Waals surface area contributed by atoms with E-state index in [4.69, 9.17) is 9.47 Å². The maximum atomic E-state index is 13.4. The first-order valence-electron chi connectivity index (χ1n) is 6.72. The lowest BCUT2D eigenvalue weighted by molar-refractivity contribution is -0.145. The number of ether oxygens (including phenoxy) is 2. The van der Waals surface area contributed by atoms with E-state index >= 15 is 0 Å². The molecule has 0 amide bonds. The van der Waals surface area contributed by atoms with E-state index in [2.05, 4.69) is 4.98 Å². The Morgan fingerprint density at radius 3 is 2.09 bits per heavy atom. The fourth-order valence-electron chi connectivity index (χ4n) is 2.37. The lowest BCUT2D eigenvalue weighted by atomic mass is 10.2. The van der Waals surface area contributed by atoms with E-state index in [9.17, 15) is 13.2 Å². The maximum absolute atomic E-state index is 13.4. The fraction of sp³-hybridized carbons (Fsp3) is 0.188. The van der Waals surface area contributed by atoms with Crippen LogP contribution in [0.1, 0.15) is 5.82 Å². The third kappa shape index (κ3) is 2.69. The highest BCUT2D eigenvalue weighted by molar-refractivity contribution is 5.80. The standard InChI is InChI=1S/C16H13F3N2O2/c1-22-11-5-3-10(4-6-11)21-14-8-7-12(23-2)9-13(14)20-15(21)16(17,18)19/h3-9H,1-2H3. The number of halogens is 3. The summed E-state index contributed by atoms with van der Waals surface area (Å²) >= 11 is 0.